The van der Waals surface area contributed by atoms with E-state index in [1.165, 1.54) is 45.0 Å². The number of fused-ring (bicyclic) bond motifs is 2. The number of hydrogen-bond donors (Lipinski definition) is 2. The zero-order valence-corrected chi connectivity index (χ0v) is 24.9. The zero-order chi connectivity index (χ0) is 29.1. The molecule has 10 nitrogen and oxygen atoms in total. The van der Waals surface area contributed by atoms with Gasteiger partial charge in [0, 0.05) is 47.7 Å². The predicted octanol–water partition coefficient (Wildman–Crippen LogP) is 5.81. The van der Waals surface area contributed by atoms with Gasteiger partial charge in [-0.1, -0.05) is 39.8 Å². The Kier molecular flexibility index (Phi) is 7.23. The minimum atomic E-state index is -3.88. The van der Waals surface area contributed by atoms with Crippen LogP contribution in [0.25, 0.3) is 21.5 Å². The number of nitroso groups, excluding NO2 is 1. The van der Waals surface area contributed by atoms with Crippen LogP contribution >= 0.6 is 0 Å². The van der Waals surface area contributed by atoms with Crippen molar-refractivity contribution in [2.75, 3.05) is 31.7 Å². The van der Waals surface area contributed by atoms with Crippen molar-refractivity contribution >= 4 is 53.0 Å². The van der Waals surface area contributed by atoms with E-state index < -0.39 is 20.0 Å². The maximum Gasteiger partial charge on any atom is 0.243 e. The van der Waals surface area contributed by atoms with Crippen molar-refractivity contribution in [2.24, 2.45) is 16.0 Å². The lowest BCUT2D eigenvalue weighted by Gasteiger charge is -2.37. The van der Waals surface area contributed by atoms with E-state index in [1.54, 1.807) is 0 Å². The van der Waals surface area contributed by atoms with E-state index in [9.17, 15) is 26.9 Å². The highest BCUT2D eigenvalue weighted by Crippen LogP contribution is 2.44. The van der Waals surface area contributed by atoms with Gasteiger partial charge in [-0.3, -0.25) is 10.7 Å². The SMILES string of the molecule is CC1(C)CCCN(S(=O)(=O)c2ccc3c(NO)c4ccc(S(=O)(=O)N5CCCC(C)(C)C5)cc4c(N=O)c3c2)C1. The van der Waals surface area contributed by atoms with Crippen LogP contribution in [-0.2, 0) is 20.0 Å². The summed E-state index contributed by atoms with van der Waals surface area (Å²) in [6.07, 6.45) is 3.34. The topological polar surface area (TPSA) is 136 Å². The van der Waals surface area contributed by atoms with Crippen molar-refractivity contribution in [3.05, 3.63) is 41.3 Å². The van der Waals surface area contributed by atoms with E-state index in [-0.39, 0.29) is 42.8 Å². The average Bonchev–Trinajstić information content (AvgIpc) is 2.89. The largest absolute Gasteiger partial charge is 0.291 e. The maximum absolute atomic E-state index is 13.6. The molecule has 5 rings (SSSR count). The lowest BCUT2D eigenvalue weighted by Crippen LogP contribution is -2.43. The minimum absolute atomic E-state index is 0.00478. The molecule has 0 bridgehead atoms. The maximum atomic E-state index is 13.6. The van der Waals surface area contributed by atoms with Crippen molar-refractivity contribution in [3.8, 4) is 0 Å². The highest BCUT2D eigenvalue weighted by atomic mass is 32.2. The molecule has 0 atom stereocenters. The predicted molar refractivity (Wildman–Crippen MR) is 156 cm³/mol. The summed E-state index contributed by atoms with van der Waals surface area (Å²) in [5, 5.41) is 14.5. The van der Waals surface area contributed by atoms with Crippen molar-refractivity contribution in [2.45, 2.75) is 63.2 Å². The molecule has 2 aliphatic heterocycles. The van der Waals surface area contributed by atoms with E-state index in [4.69, 9.17) is 0 Å². The number of sulfonamides is 2. The summed E-state index contributed by atoms with van der Waals surface area (Å²) in [5.74, 6) is 0. The molecular formula is C28H36N4O6S2. The van der Waals surface area contributed by atoms with Crippen LogP contribution in [0.2, 0.25) is 0 Å². The summed E-state index contributed by atoms with van der Waals surface area (Å²) in [6, 6.07) is 8.75. The Morgan fingerprint density at radius 1 is 0.750 bits per heavy atom. The van der Waals surface area contributed by atoms with Crippen molar-refractivity contribution < 1.29 is 22.0 Å². The number of piperidine rings is 2. The van der Waals surface area contributed by atoms with Gasteiger partial charge in [-0.2, -0.15) is 8.61 Å². The molecule has 2 saturated heterocycles. The fourth-order valence-corrected chi connectivity index (χ4v) is 9.54. The smallest absolute Gasteiger partial charge is 0.243 e. The first-order chi connectivity index (χ1) is 18.7. The number of nitrogens with zero attached hydrogens (tertiary/aromatic N) is 3. The van der Waals surface area contributed by atoms with Crippen LogP contribution < -0.4 is 5.48 Å². The first kappa shape index (κ1) is 28.9. The second kappa shape index (κ2) is 10.0. The molecule has 2 aliphatic rings. The second-order valence-corrected chi connectivity index (χ2v) is 16.4. The third-order valence-corrected chi connectivity index (χ3v) is 11.9. The third-order valence-electron chi connectivity index (χ3n) is 8.24. The molecule has 3 aromatic carbocycles. The summed E-state index contributed by atoms with van der Waals surface area (Å²) >= 11 is 0. The van der Waals surface area contributed by atoms with Gasteiger partial charge < -0.3 is 0 Å². The Hall–Kier alpha value is -2.64. The van der Waals surface area contributed by atoms with Gasteiger partial charge in [0.05, 0.1) is 15.5 Å². The van der Waals surface area contributed by atoms with Gasteiger partial charge in [0.25, 0.3) is 0 Å². The van der Waals surface area contributed by atoms with Crippen molar-refractivity contribution in [1.82, 2.24) is 8.61 Å². The van der Waals surface area contributed by atoms with Crippen LogP contribution in [0.1, 0.15) is 53.4 Å². The Balaban J connectivity index is 1.68. The standard InChI is InChI=1S/C28H36N4O6S2/c1-27(2)11-5-13-31(17-27)39(35,36)19-7-9-21-23(15-19)26(30-34)24-16-20(8-10-22(24)25(21)29-33)40(37,38)32-14-6-12-28(3,4)18-32/h7-10,15-16,29,33H,5-6,11-14,17-18H2,1-4H3. The van der Waals surface area contributed by atoms with Crippen molar-refractivity contribution in [1.29, 1.82) is 0 Å². The average molecular weight is 589 g/mol. The fourth-order valence-electron chi connectivity index (χ4n) is 6.15. The zero-order valence-electron chi connectivity index (χ0n) is 23.3. The quantitative estimate of drug-likeness (QED) is 0.211. The monoisotopic (exact) mass is 588 g/mol. The van der Waals surface area contributed by atoms with Crippen LogP contribution in [0.4, 0.5) is 11.4 Å². The number of rotatable bonds is 6. The molecular weight excluding hydrogens is 552 g/mol. The van der Waals surface area contributed by atoms with E-state index in [2.05, 4.69) is 10.7 Å². The van der Waals surface area contributed by atoms with E-state index >= 15 is 0 Å². The van der Waals surface area contributed by atoms with Crippen LogP contribution in [0.5, 0.6) is 0 Å². The Bertz CT molecular complexity index is 1600. The summed E-state index contributed by atoms with van der Waals surface area (Å²) in [4.78, 5) is 12.3. The van der Waals surface area contributed by atoms with Crippen LogP contribution in [0.3, 0.4) is 0 Å². The lowest BCUT2D eigenvalue weighted by atomic mass is 9.85. The van der Waals surface area contributed by atoms with Gasteiger partial charge in [-0.15, -0.1) is 4.91 Å². The van der Waals surface area contributed by atoms with Crippen molar-refractivity contribution in [3.63, 3.8) is 0 Å². The van der Waals surface area contributed by atoms with Gasteiger partial charge in [0.15, 0.2) is 0 Å². The lowest BCUT2D eigenvalue weighted by molar-refractivity contribution is 0.187. The minimum Gasteiger partial charge on any atom is -0.291 e. The molecule has 40 heavy (non-hydrogen) atoms. The Morgan fingerprint density at radius 3 is 1.52 bits per heavy atom. The molecule has 0 spiro atoms. The second-order valence-electron chi connectivity index (χ2n) is 12.6. The molecule has 3 aromatic rings. The highest BCUT2D eigenvalue weighted by Gasteiger charge is 2.36. The molecule has 0 aromatic heterocycles. The third kappa shape index (κ3) is 5.00. The Labute approximate surface area is 235 Å². The van der Waals surface area contributed by atoms with Gasteiger partial charge in [0.1, 0.15) is 5.69 Å². The molecule has 0 saturated carbocycles. The molecule has 2 N–H and O–H groups in total. The number of anilines is 1. The van der Waals surface area contributed by atoms with Gasteiger partial charge in [-0.05, 0) is 66.0 Å². The summed E-state index contributed by atoms with van der Waals surface area (Å²) in [5.41, 5.74) is 1.99. The molecule has 2 fully saturated rings. The van der Waals surface area contributed by atoms with Gasteiger partial charge in [0.2, 0.25) is 20.0 Å². The number of nitrogens with one attached hydrogen (secondary N) is 1. The number of hydrogen-bond acceptors (Lipinski definition) is 8. The van der Waals surface area contributed by atoms with Gasteiger partial charge in [-0.25, -0.2) is 16.8 Å². The van der Waals surface area contributed by atoms with Crippen LogP contribution in [-0.4, -0.2) is 56.8 Å². The molecule has 0 aliphatic carbocycles. The molecule has 0 amide bonds. The fraction of sp³-hybridized carbons (Fsp3) is 0.500. The molecule has 0 unspecified atom stereocenters. The summed E-state index contributed by atoms with van der Waals surface area (Å²) < 4.78 is 57.4. The van der Waals surface area contributed by atoms with E-state index in [0.29, 0.717) is 37.0 Å². The molecule has 216 valence electrons. The van der Waals surface area contributed by atoms with Crippen LogP contribution in [0.15, 0.2) is 51.4 Å². The Morgan fingerprint density at radius 2 is 1.18 bits per heavy atom. The molecule has 12 heteroatoms. The summed E-state index contributed by atoms with van der Waals surface area (Å²) in [6.45, 7) is 9.69. The first-order valence-electron chi connectivity index (χ1n) is 13.5. The summed E-state index contributed by atoms with van der Waals surface area (Å²) in [7, 11) is -7.75. The van der Waals surface area contributed by atoms with E-state index in [0.717, 1.165) is 25.7 Å². The van der Waals surface area contributed by atoms with E-state index in [1.807, 2.05) is 27.7 Å². The number of benzene rings is 3. The molecule has 2 heterocycles. The van der Waals surface area contributed by atoms with Crippen LogP contribution in [0, 0.1) is 15.7 Å². The normalized spacial score (nSPS) is 20.5. The first-order valence-corrected chi connectivity index (χ1v) is 16.4. The highest BCUT2D eigenvalue weighted by molar-refractivity contribution is 7.89. The molecule has 0 radical (unpaired) electrons. The van der Waals surface area contributed by atoms with Gasteiger partial charge >= 0.3 is 0 Å².